The maximum atomic E-state index is 6.61. The highest BCUT2D eigenvalue weighted by atomic mass is 16.3. The molecule has 0 fully saturated rings. The van der Waals surface area contributed by atoms with Crippen molar-refractivity contribution < 1.29 is 4.42 Å². The molecule has 9 aromatic rings. The lowest BCUT2D eigenvalue weighted by Gasteiger charge is -2.27. The maximum absolute atomic E-state index is 6.61. The van der Waals surface area contributed by atoms with E-state index in [0.29, 0.717) is 0 Å². The van der Waals surface area contributed by atoms with Crippen LogP contribution in [0.1, 0.15) is 0 Å². The lowest BCUT2D eigenvalue weighted by molar-refractivity contribution is 0.670. The van der Waals surface area contributed by atoms with Crippen molar-refractivity contribution in [2.45, 2.75) is 0 Å². The molecule has 9 rings (SSSR count). The Hall–Kier alpha value is -6.64. The van der Waals surface area contributed by atoms with Crippen molar-refractivity contribution in [3.63, 3.8) is 0 Å². The van der Waals surface area contributed by atoms with E-state index in [9.17, 15) is 0 Å². The van der Waals surface area contributed by atoms with Gasteiger partial charge in [-0.15, -0.1) is 0 Å². The fourth-order valence-electron chi connectivity index (χ4n) is 6.94. The number of para-hydroxylation sites is 1. The van der Waals surface area contributed by atoms with E-state index in [0.717, 1.165) is 50.1 Å². The van der Waals surface area contributed by atoms with Gasteiger partial charge in [0, 0.05) is 33.4 Å². The van der Waals surface area contributed by atoms with Gasteiger partial charge in [-0.2, -0.15) is 0 Å². The monoisotopic (exact) mass is 639 g/mol. The Bertz CT molecular complexity index is 2450. The summed E-state index contributed by atoms with van der Waals surface area (Å²) in [6.45, 7) is 0. The van der Waals surface area contributed by atoms with Gasteiger partial charge in [-0.05, 0) is 81.4 Å². The number of hydrogen-bond donors (Lipinski definition) is 0. The maximum Gasteiger partial charge on any atom is 0.143 e. The summed E-state index contributed by atoms with van der Waals surface area (Å²) in [5.74, 6) is 0. The summed E-state index contributed by atoms with van der Waals surface area (Å²) in [7, 11) is 0. The normalized spacial score (nSPS) is 11.2. The van der Waals surface area contributed by atoms with E-state index in [4.69, 9.17) is 4.42 Å². The third kappa shape index (κ3) is 5.53. The molecular formula is C48H33NO. The summed E-state index contributed by atoms with van der Waals surface area (Å²) in [6.07, 6.45) is 0. The van der Waals surface area contributed by atoms with Crippen molar-refractivity contribution in [1.82, 2.24) is 0 Å². The Kier molecular flexibility index (Phi) is 7.53. The van der Waals surface area contributed by atoms with Crippen molar-refractivity contribution in [3.8, 4) is 44.5 Å². The average molecular weight is 640 g/mol. The zero-order valence-corrected chi connectivity index (χ0v) is 27.4. The molecule has 2 heteroatoms. The summed E-state index contributed by atoms with van der Waals surface area (Å²) < 4.78 is 6.61. The Balaban J connectivity index is 1.22. The first kappa shape index (κ1) is 29.5. The van der Waals surface area contributed by atoms with Crippen LogP contribution in [0, 0.1) is 0 Å². The fraction of sp³-hybridized carbons (Fsp3) is 0. The third-order valence-corrected chi connectivity index (χ3v) is 9.49. The molecule has 0 unspecified atom stereocenters. The molecule has 1 heterocycles. The Morgan fingerprint density at radius 1 is 0.300 bits per heavy atom. The molecule has 1 aromatic heterocycles. The Morgan fingerprint density at radius 2 is 0.700 bits per heavy atom. The first-order valence-corrected chi connectivity index (χ1v) is 17.0. The number of nitrogens with zero attached hydrogens (tertiary/aromatic N) is 1. The molecule has 0 amide bonds. The van der Waals surface area contributed by atoms with E-state index in [1.807, 2.05) is 6.07 Å². The SMILES string of the molecule is c1ccc(-c2ccc(-c3cc(N(c4ccc(-c5ccccc5)cc4)c4ccc(-c5ccccc5)cc4)cc4c3oc3ccccc34)cc2)cc1. The third-order valence-electron chi connectivity index (χ3n) is 9.49. The van der Waals surface area contributed by atoms with E-state index < -0.39 is 0 Å². The van der Waals surface area contributed by atoms with Gasteiger partial charge in [-0.1, -0.05) is 158 Å². The van der Waals surface area contributed by atoms with Crippen LogP contribution in [0.15, 0.2) is 205 Å². The first-order valence-electron chi connectivity index (χ1n) is 17.0. The second kappa shape index (κ2) is 12.8. The molecule has 0 saturated carbocycles. The van der Waals surface area contributed by atoms with E-state index in [1.54, 1.807) is 0 Å². The number of benzene rings is 8. The molecule has 0 atom stereocenters. The molecule has 0 aliphatic carbocycles. The Morgan fingerprint density at radius 3 is 1.20 bits per heavy atom. The fourth-order valence-corrected chi connectivity index (χ4v) is 6.94. The molecule has 0 spiro atoms. The topological polar surface area (TPSA) is 16.4 Å². The molecule has 0 aliphatic heterocycles. The van der Waals surface area contributed by atoms with Crippen LogP contribution in [0.2, 0.25) is 0 Å². The van der Waals surface area contributed by atoms with Gasteiger partial charge in [-0.25, -0.2) is 0 Å². The standard InChI is InChI=1S/C48H33NO/c1-4-12-34(13-5-1)37-20-22-40(23-21-37)45-32-43(33-46-44-18-10-11-19-47(44)50-48(45)46)49(41-28-24-38(25-29-41)35-14-6-2-7-15-35)42-30-26-39(27-31-42)36-16-8-3-9-17-36/h1-33H. The molecule has 236 valence electrons. The van der Waals surface area contributed by atoms with Crippen LogP contribution in [-0.4, -0.2) is 0 Å². The highest BCUT2D eigenvalue weighted by Gasteiger charge is 2.20. The van der Waals surface area contributed by atoms with Gasteiger partial charge < -0.3 is 9.32 Å². The summed E-state index contributed by atoms with van der Waals surface area (Å²) in [6, 6.07) is 71.0. The van der Waals surface area contributed by atoms with Gasteiger partial charge in [0.2, 0.25) is 0 Å². The number of rotatable bonds is 7. The van der Waals surface area contributed by atoms with Gasteiger partial charge in [0.15, 0.2) is 0 Å². The molecule has 0 radical (unpaired) electrons. The molecule has 2 nitrogen and oxygen atoms in total. The Labute approximate surface area is 292 Å². The summed E-state index contributed by atoms with van der Waals surface area (Å²) >= 11 is 0. The number of fused-ring (bicyclic) bond motifs is 3. The molecule has 0 N–H and O–H groups in total. The van der Waals surface area contributed by atoms with E-state index in [-0.39, 0.29) is 0 Å². The smallest absolute Gasteiger partial charge is 0.143 e. The average Bonchev–Trinajstić information content (AvgIpc) is 3.58. The largest absolute Gasteiger partial charge is 0.455 e. The summed E-state index contributed by atoms with van der Waals surface area (Å²) in [5, 5.41) is 2.19. The molecule has 0 aliphatic rings. The van der Waals surface area contributed by atoms with Crippen LogP contribution in [-0.2, 0) is 0 Å². The van der Waals surface area contributed by atoms with Crippen molar-refractivity contribution in [2.24, 2.45) is 0 Å². The van der Waals surface area contributed by atoms with Crippen molar-refractivity contribution in [2.75, 3.05) is 4.90 Å². The van der Waals surface area contributed by atoms with Gasteiger partial charge >= 0.3 is 0 Å². The predicted molar refractivity (Wildman–Crippen MR) is 210 cm³/mol. The molecular weight excluding hydrogens is 607 g/mol. The minimum absolute atomic E-state index is 0.882. The van der Waals surface area contributed by atoms with Crippen LogP contribution in [0.5, 0.6) is 0 Å². The van der Waals surface area contributed by atoms with Gasteiger partial charge in [0.05, 0.1) is 0 Å². The first-order chi connectivity index (χ1) is 24.8. The number of furan rings is 1. The van der Waals surface area contributed by atoms with Crippen LogP contribution in [0.4, 0.5) is 17.1 Å². The molecule has 0 saturated heterocycles. The van der Waals surface area contributed by atoms with Crippen molar-refractivity contribution in [1.29, 1.82) is 0 Å². The second-order valence-electron chi connectivity index (χ2n) is 12.6. The van der Waals surface area contributed by atoms with E-state index in [1.165, 1.54) is 33.4 Å². The van der Waals surface area contributed by atoms with Gasteiger partial charge in [0.1, 0.15) is 11.2 Å². The van der Waals surface area contributed by atoms with Crippen LogP contribution < -0.4 is 4.90 Å². The van der Waals surface area contributed by atoms with Gasteiger partial charge in [0.25, 0.3) is 0 Å². The quantitative estimate of drug-likeness (QED) is 0.173. The minimum atomic E-state index is 0.882. The lowest BCUT2D eigenvalue weighted by atomic mass is 9.97. The highest BCUT2D eigenvalue weighted by molar-refractivity contribution is 6.11. The predicted octanol–water partition coefficient (Wildman–Crippen LogP) is 13.7. The molecule has 50 heavy (non-hydrogen) atoms. The summed E-state index contributed by atoms with van der Waals surface area (Å²) in [5.41, 5.74) is 14.3. The van der Waals surface area contributed by atoms with Crippen molar-refractivity contribution >= 4 is 39.0 Å². The zero-order valence-electron chi connectivity index (χ0n) is 27.4. The van der Waals surface area contributed by atoms with Crippen LogP contribution >= 0.6 is 0 Å². The molecule has 0 bridgehead atoms. The van der Waals surface area contributed by atoms with E-state index >= 15 is 0 Å². The summed E-state index contributed by atoms with van der Waals surface area (Å²) in [4.78, 5) is 2.35. The lowest BCUT2D eigenvalue weighted by Crippen LogP contribution is -2.10. The second-order valence-corrected chi connectivity index (χ2v) is 12.6. The van der Waals surface area contributed by atoms with E-state index in [2.05, 4.69) is 199 Å². The molecule has 8 aromatic carbocycles. The zero-order chi connectivity index (χ0) is 33.3. The van der Waals surface area contributed by atoms with Crippen LogP contribution in [0.3, 0.4) is 0 Å². The minimum Gasteiger partial charge on any atom is -0.455 e. The van der Waals surface area contributed by atoms with Crippen molar-refractivity contribution in [3.05, 3.63) is 200 Å². The highest BCUT2D eigenvalue weighted by Crippen LogP contribution is 2.44. The van der Waals surface area contributed by atoms with Crippen LogP contribution in [0.25, 0.3) is 66.4 Å². The number of anilines is 3. The van der Waals surface area contributed by atoms with Gasteiger partial charge in [-0.3, -0.25) is 0 Å². The number of hydrogen-bond acceptors (Lipinski definition) is 2.